The molecular formula is C23H16ClNO4S. The molecule has 7 heteroatoms. The summed E-state index contributed by atoms with van der Waals surface area (Å²) in [6.07, 6.45) is -1.11. The van der Waals surface area contributed by atoms with Gasteiger partial charge in [0.15, 0.2) is 6.10 Å². The molecule has 0 fully saturated rings. The molecule has 4 rings (SSSR count). The second-order valence-electron chi connectivity index (χ2n) is 6.55. The quantitative estimate of drug-likeness (QED) is 0.318. The number of benzene rings is 3. The van der Waals surface area contributed by atoms with E-state index in [4.69, 9.17) is 16.3 Å². The Balaban J connectivity index is 1.64. The third-order valence-corrected chi connectivity index (χ3v) is 5.82. The highest BCUT2D eigenvalue weighted by atomic mass is 35.5. The first kappa shape index (κ1) is 20.1. The number of carbonyl (C=O) groups is 2. The SMILES string of the molecule is O=C(Cn1c(=O)sc2cccc(Cl)c21)O[C@@H](C(=O)c1ccccc1)c1ccccc1. The van der Waals surface area contributed by atoms with Crippen molar-refractivity contribution in [3.63, 3.8) is 0 Å². The third kappa shape index (κ3) is 4.06. The van der Waals surface area contributed by atoms with Crippen LogP contribution in [0.1, 0.15) is 22.0 Å². The van der Waals surface area contributed by atoms with E-state index >= 15 is 0 Å². The van der Waals surface area contributed by atoms with Crippen molar-refractivity contribution < 1.29 is 14.3 Å². The van der Waals surface area contributed by atoms with Crippen LogP contribution in [0.15, 0.2) is 83.7 Å². The largest absolute Gasteiger partial charge is 0.448 e. The Hall–Kier alpha value is -3.22. The average molecular weight is 438 g/mol. The first-order valence-corrected chi connectivity index (χ1v) is 10.4. The summed E-state index contributed by atoms with van der Waals surface area (Å²) in [6.45, 7) is -0.339. The van der Waals surface area contributed by atoms with Gasteiger partial charge in [0.25, 0.3) is 0 Å². The lowest BCUT2D eigenvalue weighted by Crippen LogP contribution is -2.25. The zero-order valence-corrected chi connectivity index (χ0v) is 17.2. The van der Waals surface area contributed by atoms with E-state index in [-0.39, 0.29) is 17.2 Å². The Labute approximate surface area is 181 Å². The van der Waals surface area contributed by atoms with Crippen LogP contribution in [-0.2, 0) is 16.1 Å². The van der Waals surface area contributed by atoms with Gasteiger partial charge in [-0.05, 0) is 12.1 Å². The number of rotatable bonds is 6. The monoisotopic (exact) mass is 437 g/mol. The Morgan fingerprint density at radius 1 is 0.933 bits per heavy atom. The Bertz CT molecular complexity index is 1260. The van der Waals surface area contributed by atoms with E-state index in [0.29, 0.717) is 26.4 Å². The maximum absolute atomic E-state index is 13.1. The molecule has 0 aliphatic carbocycles. The van der Waals surface area contributed by atoms with Gasteiger partial charge in [-0.25, -0.2) is 0 Å². The van der Waals surface area contributed by atoms with Crippen molar-refractivity contribution in [3.8, 4) is 0 Å². The number of para-hydroxylation sites is 1. The van der Waals surface area contributed by atoms with Gasteiger partial charge in [0.05, 0.1) is 15.2 Å². The topological polar surface area (TPSA) is 65.4 Å². The number of hydrogen-bond acceptors (Lipinski definition) is 5. The Morgan fingerprint density at radius 2 is 1.60 bits per heavy atom. The lowest BCUT2D eigenvalue weighted by Gasteiger charge is -2.18. The van der Waals surface area contributed by atoms with Crippen molar-refractivity contribution in [1.82, 2.24) is 4.57 Å². The van der Waals surface area contributed by atoms with Gasteiger partial charge in [0.1, 0.15) is 6.54 Å². The molecule has 0 saturated carbocycles. The second kappa shape index (κ2) is 8.65. The van der Waals surface area contributed by atoms with E-state index in [1.807, 2.05) is 6.07 Å². The number of aromatic nitrogens is 1. The van der Waals surface area contributed by atoms with Crippen molar-refractivity contribution in [3.05, 3.63) is 105 Å². The van der Waals surface area contributed by atoms with Crippen molar-refractivity contribution in [2.45, 2.75) is 12.6 Å². The van der Waals surface area contributed by atoms with Crippen LogP contribution in [0.25, 0.3) is 10.2 Å². The summed E-state index contributed by atoms with van der Waals surface area (Å²) in [5.74, 6) is -1.04. The second-order valence-corrected chi connectivity index (χ2v) is 7.95. The number of esters is 1. The minimum Gasteiger partial charge on any atom is -0.448 e. The molecule has 0 amide bonds. The molecule has 0 spiro atoms. The maximum atomic E-state index is 13.1. The minimum atomic E-state index is -1.11. The van der Waals surface area contributed by atoms with Gasteiger partial charge in [-0.15, -0.1) is 0 Å². The summed E-state index contributed by atoms with van der Waals surface area (Å²) < 4.78 is 7.54. The number of carbonyl (C=O) groups excluding carboxylic acids is 2. The third-order valence-electron chi connectivity index (χ3n) is 4.57. The fourth-order valence-corrected chi connectivity index (χ4v) is 4.43. The number of ketones is 1. The van der Waals surface area contributed by atoms with Crippen LogP contribution < -0.4 is 4.87 Å². The molecule has 1 heterocycles. The van der Waals surface area contributed by atoms with Gasteiger partial charge in [-0.1, -0.05) is 89.7 Å². The van der Waals surface area contributed by atoms with Crippen LogP contribution in [0.2, 0.25) is 5.02 Å². The average Bonchev–Trinajstić information content (AvgIpc) is 3.09. The normalized spacial score (nSPS) is 11.9. The molecule has 1 aromatic heterocycles. The molecule has 0 aliphatic heterocycles. The smallest absolute Gasteiger partial charge is 0.327 e. The lowest BCUT2D eigenvalue weighted by atomic mass is 10.00. The molecule has 0 saturated heterocycles. The van der Waals surface area contributed by atoms with E-state index in [9.17, 15) is 14.4 Å². The highest BCUT2D eigenvalue weighted by Gasteiger charge is 2.27. The van der Waals surface area contributed by atoms with Crippen LogP contribution in [0.3, 0.4) is 0 Å². The number of hydrogen-bond donors (Lipinski definition) is 0. The van der Waals surface area contributed by atoms with Gasteiger partial charge in [-0.3, -0.25) is 19.0 Å². The van der Waals surface area contributed by atoms with Crippen molar-refractivity contribution in [1.29, 1.82) is 0 Å². The molecule has 0 N–H and O–H groups in total. The molecule has 150 valence electrons. The van der Waals surface area contributed by atoms with Gasteiger partial charge < -0.3 is 4.74 Å². The fraction of sp³-hybridized carbons (Fsp3) is 0.0870. The van der Waals surface area contributed by atoms with Crippen molar-refractivity contribution in [2.75, 3.05) is 0 Å². The minimum absolute atomic E-state index is 0.319. The van der Waals surface area contributed by atoms with Crippen LogP contribution in [0.4, 0.5) is 0 Å². The highest BCUT2D eigenvalue weighted by Crippen LogP contribution is 2.26. The van der Waals surface area contributed by atoms with E-state index < -0.39 is 12.1 Å². The van der Waals surface area contributed by atoms with Gasteiger partial charge in [-0.2, -0.15) is 0 Å². The standard InChI is InChI=1S/C23H16ClNO4S/c24-17-12-7-13-18-20(17)25(23(28)30-18)14-19(26)29-22(16-10-5-2-6-11-16)21(27)15-8-3-1-4-9-15/h1-13,22H,14H2/t22-/m1/s1. The maximum Gasteiger partial charge on any atom is 0.327 e. The van der Waals surface area contributed by atoms with Crippen LogP contribution in [0.5, 0.6) is 0 Å². The first-order valence-electron chi connectivity index (χ1n) is 9.16. The van der Waals surface area contributed by atoms with Crippen molar-refractivity contribution >= 4 is 44.9 Å². The predicted octanol–water partition coefficient (Wildman–Crippen LogP) is 4.88. The Kier molecular flexibility index (Phi) is 5.79. The molecule has 30 heavy (non-hydrogen) atoms. The lowest BCUT2D eigenvalue weighted by molar-refractivity contribution is -0.148. The summed E-state index contributed by atoms with van der Waals surface area (Å²) in [5, 5.41) is 0.374. The number of ether oxygens (including phenoxy) is 1. The van der Waals surface area contributed by atoms with Gasteiger partial charge in [0, 0.05) is 11.1 Å². The van der Waals surface area contributed by atoms with Gasteiger partial charge in [0.2, 0.25) is 5.78 Å². The summed E-state index contributed by atoms with van der Waals surface area (Å²) in [4.78, 5) is 37.9. The van der Waals surface area contributed by atoms with E-state index in [1.54, 1.807) is 72.8 Å². The zero-order chi connectivity index (χ0) is 21.1. The molecular weight excluding hydrogens is 422 g/mol. The van der Waals surface area contributed by atoms with Crippen LogP contribution >= 0.6 is 22.9 Å². The van der Waals surface area contributed by atoms with Crippen LogP contribution in [0, 0.1) is 0 Å². The van der Waals surface area contributed by atoms with Gasteiger partial charge >= 0.3 is 10.8 Å². The number of halogens is 1. The first-order chi connectivity index (χ1) is 14.5. The summed E-state index contributed by atoms with van der Waals surface area (Å²) in [6, 6.07) is 22.6. The van der Waals surface area contributed by atoms with Crippen LogP contribution in [-0.4, -0.2) is 16.3 Å². The van der Waals surface area contributed by atoms with E-state index in [1.165, 1.54) is 4.57 Å². The molecule has 1 atom stereocenters. The predicted molar refractivity (Wildman–Crippen MR) is 117 cm³/mol. The van der Waals surface area contributed by atoms with Crippen molar-refractivity contribution in [2.24, 2.45) is 0 Å². The molecule has 5 nitrogen and oxygen atoms in total. The number of thiazole rings is 1. The fourth-order valence-electron chi connectivity index (χ4n) is 3.18. The summed E-state index contributed by atoms with van der Waals surface area (Å²) >= 11 is 7.23. The number of fused-ring (bicyclic) bond motifs is 1. The number of Topliss-reactive ketones (excluding diaryl/α,β-unsaturated/α-hetero) is 1. The van der Waals surface area contributed by atoms with E-state index in [2.05, 4.69) is 0 Å². The molecule has 0 aliphatic rings. The highest BCUT2D eigenvalue weighted by molar-refractivity contribution is 7.16. The summed E-state index contributed by atoms with van der Waals surface area (Å²) in [5.41, 5.74) is 1.47. The molecule has 0 bridgehead atoms. The number of nitrogens with zero attached hydrogens (tertiary/aromatic N) is 1. The Morgan fingerprint density at radius 3 is 2.30 bits per heavy atom. The summed E-state index contributed by atoms with van der Waals surface area (Å²) in [7, 11) is 0. The molecule has 0 radical (unpaired) electrons. The molecule has 0 unspecified atom stereocenters. The molecule has 4 aromatic rings. The molecule has 3 aromatic carbocycles. The van der Waals surface area contributed by atoms with E-state index in [0.717, 1.165) is 11.3 Å². The zero-order valence-electron chi connectivity index (χ0n) is 15.7.